The molecular formula is C53H39NO. The molecule has 0 aliphatic heterocycles. The van der Waals surface area contributed by atoms with Crippen molar-refractivity contribution in [1.29, 1.82) is 0 Å². The van der Waals surface area contributed by atoms with Crippen molar-refractivity contribution in [3.8, 4) is 44.5 Å². The zero-order chi connectivity index (χ0) is 36.3. The number of anilines is 3. The van der Waals surface area contributed by atoms with Crippen LogP contribution in [0, 0.1) is 0 Å². The number of benzene rings is 8. The fourth-order valence-corrected chi connectivity index (χ4v) is 9.82. The van der Waals surface area contributed by atoms with E-state index in [4.69, 9.17) is 4.42 Å². The summed E-state index contributed by atoms with van der Waals surface area (Å²) < 4.78 is 6.35. The first-order valence-electron chi connectivity index (χ1n) is 19.6. The van der Waals surface area contributed by atoms with Gasteiger partial charge in [0.2, 0.25) is 0 Å². The van der Waals surface area contributed by atoms with Crippen molar-refractivity contribution < 1.29 is 4.42 Å². The third kappa shape index (κ3) is 5.02. The van der Waals surface area contributed by atoms with Gasteiger partial charge in [-0.15, -0.1) is 0 Å². The molecule has 2 aliphatic carbocycles. The van der Waals surface area contributed by atoms with E-state index in [0.29, 0.717) is 0 Å². The Kier molecular flexibility index (Phi) is 7.38. The van der Waals surface area contributed by atoms with Crippen molar-refractivity contribution in [2.45, 2.75) is 31.1 Å². The molecule has 2 aliphatic rings. The molecule has 55 heavy (non-hydrogen) atoms. The van der Waals surface area contributed by atoms with E-state index in [9.17, 15) is 0 Å². The summed E-state index contributed by atoms with van der Waals surface area (Å²) in [5.41, 5.74) is 18.3. The van der Waals surface area contributed by atoms with Gasteiger partial charge >= 0.3 is 0 Å². The number of furan rings is 1. The fraction of sp³-hybridized carbons (Fsp3) is 0.0943. The maximum atomic E-state index is 6.35. The predicted octanol–water partition coefficient (Wildman–Crippen LogP) is 14.9. The molecule has 2 heteroatoms. The molecule has 262 valence electrons. The summed E-state index contributed by atoms with van der Waals surface area (Å²) >= 11 is 0. The molecule has 0 atom stereocenters. The minimum Gasteiger partial charge on any atom is -0.456 e. The van der Waals surface area contributed by atoms with Crippen molar-refractivity contribution in [2.24, 2.45) is 0 Å². The Hall–Kier alpha value is -6.64. The van der Waals surface area contributed by atoms with E-state index in [-0.39, 0.29) is 5.41 Å². The molecule has 0 radical (unpaired) electrons. The summed E-state index contributed by atoms with van der Waals surface area (Å²) in [6.07, 6.45) is 4.91. The van der Waals surface area contributed by atoms with Crippen LogP contribution in [0.3, 0.4) is 0 Å². The molecule has 0 saturated heterocycles. The van der Waals surface area contributed by atoms with E-state index in [1.807, 2.05) is 6.07 Å². The topological polar surface area (TPSA) is 16.4 Å². The highest BCUT2D eigenvalue weighted by atomic mass is 16.3. The second-order valence-electron chi connectivity index (χ2n) is 15.2. The van der Waals surface area contributed by atoms with E-state index in [1.165, 1.54) is 87.0 Å². The van der Waals surface area contributed by atoms with Gasteiger partial charge in [0.1, 0.15) is 11.2 Å². The summed E-state index contributed by atoms with van der Waals surface area (Å²) in [7, 11) is 0. The lowest BCUT2D eigenvalue weighted by Gasteiger charge is -2.31. The third-order valence-corrected chi connectivity index (χ3v) is 12.2. The van der Waals surface area contributed by atoms with Gasteiger partial charge in [-0.05, 0) is 105 Å². The quantitative estimate of drug-likeness (QED) is 0.171. The lowest BCUT2D eigenvalue weighted by Crippen LogP contribution is -2.21. The van der Waals surface area contributed by atoms with E-state index in [2.05, 4.69) is 187 Å². The number of fused-ring (bicyclic) bond motifs is 8. The number of rotatable bonds is 6. The molecule has 8 aromatic carbocycles. The van der Waals surface area contributed by atoms with Gasteiger partial charge in [-0.1, -0.05) is 158 Å². The van der Waals surface area contributed by atoms with E-state index in [1.54, 1.807) is 0 Å². The molecule has 1 aromatic heterocycles. The van der Waals surface area contributed by atoms with Crippen molar-refractivity contribution >= 4 is 39.0 Å². The van der Waals surface area contributed by atoms with Crippen LogP contribution in [0.5, 0.6) is 0 Å². The maximum absolute atomic E-state index is 6.35. The lowest BCUT2D eigenvalue weighted by molar-refractivity contribution is 0.550. The molecule has 0 unspecified atom stereocenters. The highest BCUT2D eigenvalue weighted by Crippen LogP contribution is 2.58. The van der Waals surface area contributed by atoms with Crippen molar-refractivity contribution in [1.82, 2.24) is 0 Å². The second-order valence-corrected chi connectivity index (χ2v) is 15.2. The van der Waals surface area contributed by atoms with Crippen LogP contribution >= 0.6 is 0 Å². The van der Waals surface area contributed by atoms with Crippen molar-refractivity contribution in [3.63, 3.8) is 0 Å². The van der Waals surface area contributed by atoms with Crippen LogP contribution in [0.1, 0.15) is 36.8 Å². The van der Waals surface area contributed by atoms with E-state index < -0.39 is 0 Å². The summed E-state index contributed by atoms with van der Waals surface area (Å²) in [5.74, 6) is 0. The molecule has 2 nitrogen and oxygen atoms in total. The van der Waals surface area contributed by atoms with Gasteiger partial charge in [0, 0.05) is 33.1 Å². The molecule has 0 amide bonds. The molecule has 1 saturated carbocycles. The van der Waals surface area contributed by atoms with Gasteiger partial charge in [0.15, 0.2) is 0 Å². The Balaban J connectivity index is 1.15. The second kappa shape index (κ2) is 12.7. The zero-order valence-electron chi connectivity index (χ0n) is 30.6. The Morgan fingerprint density at radius 2 is 0.927 bits per heavy atom. The summed E-state index contributed by atoms with van der Waals surface area (Å²) in [4.78, 5) is 2.49. The molecule has 0 bridgehead atoms. The van der Waals surface area contributed by atoms with E-state index in [0.717, 1.165) is 33.3 Å². The van der Waals surface area contributed by atoms with Gasteiger partial charge in [0.05, 0.1) is 5.69 Å². The zero-order valence-corrected chi connectivity index (χ0v) is 30.6. The SMILES string of the molecule is c1ccc(-c2ccccc2-c2ccccc2-c2ccccc2N(c2ccc3c(c2)C2(CCCC2)c2ccccc2-3)c2ccc3oc4ccccc4c3c2)cc1. The predicted molar refractivity (Wildman–Crippen MR) is 229 cm³/mol. The number of nitrogens with zero attached hydrogens (tertiary/aromatic N) is 1. The first kappa shape index (κ1) is 31.8. The largest absolute Gasteiger partial charge is 0.456 e. The normalized spacial score (nSPS) is 14.0. The van der Waals surface area contributed by atoms with E-state index >= 15 is 0 Å². The van der Waals surface area contributed by atoms with Crippen LogP contribution < -0.4 is 4.90 Å². The molecule has 1 heterocycles. The van der Waals surface area contributed by atoms with Crippen LogP contribution in [0.15, 0.2) is 192 Å². The first-order chi connectivity index (χ1) is 27.3. The monoisotopic (exact) mass is 705 g/mol. The molecule has 1 fully saturated rings. The standard InChI is InChI=1S/C53H39NO/c1-2-16-36(17-3-1)39-18-4-5-19-40(39)41-20-6-7-21-42(41)45-23-9-12-26-50(45)54(37-29-31-52-47(34-37)46-24-10-13-27-51(46)55-52)38-28-30-44-43-22-8-11-25-48(43)53(49(44)35-38)32-14-15-33-53/h1-13,16-31,34-35H,14-15,32-33H2. The summed E-state index contributed by atoms with van der Waals surface area (Å²) in [6.45, 7) is 0. The summed E-state index contributed by atoms with van der Waals surface area (Å²) in [5, 5.41) is 2.25. The Morgan fingerprint density at radius 3 is 1.73 bits per heavy atom. The van der Waals surface area contributed by atoms with Gasteiger partial charge in [-0.3, -0.25) is 0 Å². The summed E-state index contributed by atoms with van der Waals surface area (Å²) in [6, 6.07) is 68.8. The average molecular weight is 706 g/mol. The third-order valence-electron chi connectivity index (χ3n) is 12.2. The highest BCUT2D eigenvalue weighted by Gasteiger charge is 2.45. The number of hydrogen-bond acceptors (Lipinski definition) is 2. The minimum atomic E-state index is 0.0611. The lowest BCUT2D eigenvalue weighted by atomic mass is 9.76. The Morgan fingerprint density at radius 1 is 0.382 bits per heavy atom. The average Bonchev–Trinajstić information content (AvgIpc) is 3.97. The van der Waals surface area contributed by atoms with Crippen LogP contribution in [0.25, 0.3) is 66.4 Å². The first-order valence-corrected chi connectivity index (χ1v) is 19.6. The molecule has 0 N–H and O–H groups in total. The van der Waals surface area contributed by atoms with Gasteiger partial charge in [0.25, 0.3) is 0 Å². The molecule has 9 aromatic rings. The van der Waals surface area contributed by atoms with Crippen LogP contribution in [-0.2, 0) is 5.41 Å². The van der Waals surface area contributed by atoms with Crippen LogP contribution in [0.4, 0.5) is 17.1 Å². The van der Waals surface area contributed by atoms with Gasteiger partial charge in [-0.2, -0.15) is 0 Å². The Labute approximate surface area is 322 Å². The molecule has 11 rings (SSSR count). The van der Waals surface area contributed by atoms with Gasteiger partial charge < -0.3 is 9.32 Å². The smallest absolute Gasteiger partial charge is 0.135 e. The van der Waals surface area contributed by atoms with Crippen molar-refractivity contribution in [3.05, 3.63) is 199 Å². The van der Waals surface area contributed by atoms with Crippen LogP contribution in [0.2, 0.25) is 0 Å². The minimum absolute atomic E-state index is 0.0611. The fourth-order valence-electron chi connectivity index (χ4n) is 9.82. The maximum Gasteiger partial charge on any atom is 0.135 e. The molecule has 1 spiro atoms. The Bertz CT molecular complexity index is 2890. The number of para-hydroxylation sites is 2. The van der Waals surface area contributed by atoms with Gasteiger partial charge in [-0.25, -0.2) is 0 Å². The van der Waals surface area contributed by atoms with Crippen molar-refractivity contribution in [2.75, 3.05) is 4.90 Å². The number of hydrogen-bond donors (Lipinski definition) is 0. The molecular weight excluding hydrogens is 667 g/mol. The highest BCUT2D eigenvalue weighted by molar-refractivity contribution is 6.07. The van der Waals surface area contributed by atoms with Crippen LogP contribution in [-0.4, -0.2) is 0 Å².